The summed E-state index contributed by atoms with van der Waals surface area (Å²) in [6.07, 6.45) is 1.20. The van der Waals surface area contributed by atoms with Gasteiger partial charge in [0.25, 0.3) is 11.8 Å². The monoisotopic (exact) mass is 549 g/mol. The van der Waals surface area contributed by atoms with Gasteiger partial charge in [-0.3, -0.25) is 9.59 Å². The molecule has 0 bridgehead atoms. The van der Waals surface area contributed by atoms with Crippen molar-refractivity contribution in [3.63, 3.8) is 0 Å². The number of halogens is 2. The van der Waals surface area contributed by atoms with E-state index in [1.54, 1.807) is 25.3 Å². The Kier molecular flexibility index (Phi) is 8.87. The van der Waals surface area contributed by atoms with Gasteiger partial charge in [-0.2, -0.15) is 5.10 Å². The molecule has 4 aromatic rings. The number of hydrazone groups is 1. The summed E-state index contributed by atoms with van der Waals surface area (Å²) in [5.74, 6) is -0.375. The van der Waals surface area contributed by atoms with E-state index < -0.39 is 24.0 Å². The van der Waals surface area contributed by atoms with Crippen molar-refractivity contribution in [2.45, 2.75) is 39.3 Å². The number of hydrogen-bond acceptors (Lipinski definition) is 4. The summed E-state index contributed by atoms with van der Waals surface area (Å²) in [6, 6.07) is 22.2. The molecule has 0 aliphatic rings. The predicted molar refractivity (Wildman–Crippen MR) is 155 cm³/mol. The summed E-state index contributed by atoms with van der Waals surface area (Å²) in [7, 11) is 0. The van der Waals surface area contributed by atoms with Gasteiger partial charge in [-0.05, 0) is 65.1 Å². The molecule has 6 nitrogen and oxygen atoms in total. The minimum absolute atomic E-state index is 0.152. The molecule has 0 spiro atoms. The highest BCUT2D eigenvalue weighted by atomic mass is 35.5. The lowest BCUT2D eigenvalue weighted by molar-refractivity contribution is -0.132. The summed E-state index contributed by atoms with van der Waals surface area (Å²) in [5.41, 5.74) is 3.52. The summed E-state index contributed by atoms with van der Waals surface area (Å²) in [4.78, 5) is 26.0. The van der Waals surface area contributed by atoms with Crippen LogP contribution in [0.3, 0.4) is 0 Å². The quantitative estimate of drug-likeness (QED) is 0.138. The molecule has 0 unspecified atom stereocenters. The van der Waals surface area contributed by atoms with E-state index in [1.807, 2.05) is 62.4 Å². The van der Waals surface area contributed by atoms with Gasteiger partial charge in [-0.25, -0.2) is 5.43 Å². The van der Waals surface area contributed by atoms with E-state index in [2.05, 4.69) is 21.9 Å². The van der Waals surface area contributed by atoms with Gasteiger partial charge in [0, 0.05) is 10.6 Å². The summed E-state index contributed by atoms with van der Waals surface area (Å²) in [5, 5.41) is 12.0. The summed E-state index contributed by atoms with van der Waals surface area (Å²) < 4.78 is 5.70. The van der Waals surface area contributed by atoms with Crippen LogP contribution in [-0.4, -0.2) is 30.2 Å². The third-order valence-electron chi connectivity index (χ3n) is 6.09. The lowest BCUT2D eigenvalue weighted by Gasteiger charge is -2.22. The van der Waals surface area contributed by atoms with E-state index in [-0.39, 0.29) is 5.92 Å². The molecule has 2 atom stereocenters. The molecule has 0 fully saturated rings. The van der Waals surface area contributed by atoms with E-state index in [9.17, 15) is 9.59 Å². The second-order valence-electron chi connectivity index (χ2n) is 9.49. The van der Waals surface area contributed by atoms with Gasteiger partial charge in [-0.1, -0.05) is 85.6 Å². The highest BCUT2D eigenvalue weighted by Crippen LogP contribution is 2.29. The smallest absolute Gasteiger partial charge is 0.262 e. The van der Waals surface area contributed by atoms with Crippen LogP contribution < -0.4 is 15.5 Å². The Hall–Kier alpha value is -3.61. The molecule has 0 aliphatic carbocycles. The number of benzene rings is 4. The van der Waals surface area contributed by atoms with Crippen LogP contribution in [0.2, 0.25) is 10.0 Å². The second-order valence-corrected chi connectivity index (χ2v) is 10.3. The minimum atomic E-state index is -0.887. The van der Waals surface area contributed by atoms with Crippen LogP contribution in [0.1, 0.15) is 32.8 Å². The Balaban J connectivity index is 1.49. The molecule has 196 valence electrons. The molecule has 0 aromatic heterocycles. The van der Waals surface area contributed by atoms with E-state index in [0.717, 1.165) is 27.1 Å². The average molecular weight is 550 g/mol. The van der Waals surface area contributed by atoms with Crippen molar-refractivity contribution in [3.05, 3.63) is 88.4 Å². The molecular formula is C30H29Cl2N3O3. The molecule has 0 radical (unpaired) electrons. The van der Waals surface area contributed by atoms with Crippen LogP contribution in [0.15, 0.2) is 77.9 Å². The maximum absolute atomic E-state index is 13.1. The van der Waals surface area contributed by atoms with Gasteiger partial charge in [-0.15, -0.1) is 0 Å². The number of amides is 2. The Bertz CT molecular complexity index is 1450. The number of carbonyl (C=O) groups excluding carboxylic acids is 2. The molecule has 8 heteroatoms. The number of nitrogens with one attached hydrogen (secondary N) is 2. The Morgan fingerprint density at radius 3 is 2.13 bits per heavy atom. The lowest BCUT2D eigenvalue weighted by Crippen LogP contribution is -2.49. The minimum Gasteiger partial charge on any atom is -0.479 e. The van der Waals surface area contributed by atoms with Crippen LogP contribution >= 0.6 is 23.2 Å². The number of hydrogen-bond donors (Lipinski definition) is 2. The van der Waals surface area contributed by atoms with Crippen molar-refractivity contribution in [2.24, 2.45) is 11.0 Å². The SMILES string of the molecule is CC(C)C[C@H](NC(=O)[C@H](C)Oc1ccc(Cl)cc1Cl)C(=O)N/N=C\c1c2ccccc2cc2ccccc12. The van der Waals surface area contributed by atoms with E-state index in [0.29, 0.717) is 22.2 Å². The standard InChI is InChI=1S/C30H29Cl2N3O3/c1-18(2)14-27(34-29(36)19(3)38-28-13-12-22(31)16-26(28)32)30(37)35-33-17-25-23-10-6-4-8-20(23)15-21-9-5-7-11-24(21)25/h4-13,15-19,27H,14H2,1-3H3,(H,34,36)(H,35,37)/b33-17-/t19-,27-/m0/s1. The van der Waals surface area contributed by atoms with Crippen molar-refractivity contribution < 1.29 is 14.3 Å². The predicted octanol–water partition coefficient (Wildman–Crippen LogP) is 6.75. The summed E-state index contributed by atoms with van der Waals surface area (Å²) >= 11 is 12.1. The summed E-state index contributed by atoms with van der Waals surface area (Å²) in [6.45, 7) is 5.55. The first-order chi connectivity index (χ1) is 18.2. The van der Waals surface area contributed by atoms with Crippen molar-refractivity contribution in [3.8, 4) is 5.75 Å². The van der Waals surface area contributed by atoms with E-state index >= 15 is 0 Å². The molecule has 2 amide bonds. The maximum atomic E-state index is 13.1. The van der Waals surface area contributed by atoms with E-state index in [4.69, 9.17) is 27.9 Å². The third-order valence-corrected chi connectivity index (χ3v) is 6.62. The fourth-order valence-electron chi connectivity index (χ4n) is 4.23. The first-order valence-corrected chi connectivity index (χ1v) is 13.1. The highest BCUT2D eigenvalue weighted by molar-refractivity contribution is 6.35. The van der Waals surface area contributed by atoms with Crippen molar-refractivity contribution in [2.75, 3.05) is 0 Å². The van der Waals surface area contributed by atoms with Gasteiger partial charge in [0.1, 0.15) is 11.8 Å². The average Bonchev–Trinajstić information content (AvgIpc) is 2.89. The van der Waals surface area contributed by atoms with Gasteiger partial charge in [0.2, 0.25) is 0 Å². The van der Waals surface area contributed by atoms with Crippen molar-refractivity contribution >= 4 is 62.8 Å². The number of carbonyl (C=O) groups is 2. The molecule has 2 N–H and O–H groups in total. The first-order valence-electron chi connectivity index (χ1n) is 12.4. The van der Waals surface area contributed by atoms with Gasteiger partial charge in [0.05, 0.1) is 11.2 Å². The van der Waals surface area contributed by atoms with Crippen LogP contribution in [0.25, 0.3) is 21.5 Å². The second kappa shape index (κ2) is 12.3. The fourth-order valence-corrected chi connectivity index (χ4v) is 4.69. The van der Waals surface area contributed by atoms with Crippen LogP contribution in [0.5, 0.6) is 5.75 Å². The molecule has 4 rings (SSSR count). The van der Waals surface area contributed by atoms with Crippen molar-refractivity contribution in [1.29, 1.82) is 0 Å². The number of fused-ring (bicyclic) bond motifs is 2. The number of ether oxygens (including phenoxy) is 1. The Morgan fingerprint density at radius 2 is 1.53 bits per heavy atom. The molecule has 0 heterocycles. The van der Waals surface area contributed by atoms with Gasteiger partial charge < -0.3 is 10.1 Å². The zero-order valence-corrected chi connectivity index (χ0v) is 22.9. The van der Waals surface area contributed by atoms with Crippen LogP contribution in [0, 0.1) is 5.92 Å². The maximum Gasteiger partial charge on any atom is 0.262 e. The molecule has 0 saturated carbocycles. The largest absolute Gasteiger partial charge is 0.479 e. The zero-order valence-electron chi connectivity index (χ0n) is 21.4. The topological polar surface area (TPSA) is 79.8 Å². The first kappa shape index (κ1) is 27.4. The highest BCUT2D eigenvalue weighted by Gasteiger charge is 2.25. The van der Waals surface area contributed by atoms with Crippen LogP contribution in [0.4, 0.5) is 0 Å². The Labute approximate surface area is 232 Å². The molecule has 0 saturated heterocycles. The van der Waals surface area contributed by atoms with Crippen LogP contribution in [-0.2, 0) is 9.59 Å². The fraction of sp³-hybridized carbons (Fsp3) is 0.233. The van der Waals surface area contributed by atoms with E-state index in [1.165, 1.54) is 6.07 Å². The van der Waals surface area contributed by atoms with Gasteiger partial charge >= 0.3 is 0 Å². The Morgan fingerprint density at radius 1 is 0.895 bits per heavy atom. The molecular weight excluding hydrogens is 521 g/mol. The number of rotatable bonds is 9. The van der Waals surface area contributed by atoms with Crippen molar-refractivity contribution in [1.82, 2.24) is 10.7 Å². The normalized spacial score (nSPS) is 13.1. The third kappa shape index (κ3) is 6.63. The molecule has 38 heavy (non-hydrogen) atoms. The molecule has 4 aromatic carbocycles. The number of nitrogens with zero attached hydrogens (tertiary/aromatic N) is 1. The lowest BCUT2D eigenvalue weighted by atomic mass is 9.97. The van der Waals surface area contributed by atoms with Gasteiger partial charge in [0.15, 0.2) is 6.10 Å². The molecule has 0 aliphatic heterocycles. The zero-order chi connectivity index (χ0) is 27.2.